The van der Waals surface area contributed by atoms with Gasteiger partial charge in [0.25, 0.3) is 0 Å². The van der Waals surface area contributed by atoms with Crippen LogP contribution in [0.2, 0.25) is 0 Å². The van der Waals surface area contributed by atoms with E-state index in [1.807, 2.05) is 0 Å². The first-order chi connectivity index (χ1) is 8.23. The van der Waals surface area contributed by atoms with Crippen molar-refractivity contribution in [2.75, 3.05) is 0 Å². The Morgan fingerprint density at radius 2 is 1.44 bits per heavy atom. The molecule has 18 heavy (non-hydrogen) atoms. The van der Waals surface area contributed by atoms with Crippen molar-refractivity contribution in [2.45, 2.75) is 74.1 Å². The fourth-order valence-corrected chi connectivity index (χ4v) is 3.05. The van der Waals surface area contributed by atoms with Gasteiger partial charge in [0.05, 0.1) is 0 Å². The van der Waals surface area contributed by atoms with Crippen molar-refractivity contribution in [3.05, 3.63) is 12.2 Å². The van der Waals surface area contributed by atoms with E-state index in [0.717, 1.165) is 29.6 Å². The Labute approximate surface area is 116 Å². The second kappa shape index (κ2) is 8.77. The standard InChI is InChI=1S/C18H36/c1-13(2)9-10-16(6)18(8)17(7)12-15(5)11-14(3)4/h14-18H,1,9-12H2,2-8H3. The lowest BCUT2D eigenvalue weighted by molar-refractivity contribution is 0.221. The molecule has 0 spiro atoms. The monoisotopic (exact) mass is 252 g/mol. The van der Waals surface area contributed by atoms with Gasteiger partial charge in [0, 0.05) is 0 Å². The summed E-state index contributed by atoms with van der Waals surface area (Å²) in [6.07, 6.45) is 5.26. The molecular weight excluding hydrogens is 216 g/mol. The molecule has 4 atom stereocenters. The Kier molecular flexibility index (Phi) is 8.65. The molecule has 0 amide bonds. The maximum Gasteiger partial charge on any atom is -0.0323 e. The lowest BCUT2D eigenvalue weighted by Gasteiger charge is -2.29. The van der Waals surface area contributed by atoms with Crippen LogP contribution in [0.4, 0.5) is 0 Å². The van der Waals surface area contributed by atoms with Crippen molar-refractivity contribution >= 4 is 0 Å². The molecule has 0 fully saturated rings. The summed E-state index contributed by atoms with van der Waals surface area (Å²) in [5, 5.41) is 0. The molecule has 0 saturated carbocycles. The zero-order valence-corrected chi connectivity index (χ0v) is 13.9. The lowest BCUT2D eigenvalue weighted by atomic mass is 9.77. The summed E-state index contributed by atoms with van der Waals surface area (Å²) < 4.78 is 0. The normalized spacial score (nSPS) is 18.4. The molecule has 0 aliphatic heterocycles. The van der Waals surface area contributed by atoms with E-state index in [0.29, 0.717) is 0 Å². The highest BCUT2D eigenvalue weighted by Gasteiger charge is 2.21. The molecule has 0 radical (unpaired) electrons. The van der Waals surface area contributed by atoms with Crippen LogP contribution in [0.25, 0.3) is 0 Å². The lowest BCUT2D eigenvalue weighted by Crippen LogP contribution is -2.19. The average molecular weight is 252 g/mol. The quantitative estimate of drug-likeness (QED) is 0.421. The van der Waals surface area contributed by atoms with Crippen molar-refractivity contribution in [1.29, 1.82) is 0 Å². The van der Waals surface area contributed by atoms with E-state index >= 15 is 0 Å². The van der Waals surface area contributed by atoms with Gasteiger partial charge in [-0.1, -0.05) is 47.1 Å². The topological polar surface area (TPSA) is 0 Å². The molecule has 0 aromatic carbocycles. The first kappa shape index (κ1) is 17.7. The summed E-state index contributed by atoms with van der Waals surface area (Å²) in [4.78, 5) is 0. The Morgan fingerprint density at radius 1 is 0.889 bits per heavy atom. The van der Waals surface area contributed by atoms with Gasteiger partial charge in [0.1, 0.15) is 0 Å². The van der Waals surface area contributed by atoms with E-state index in [2.05, 4.69) is 55.0 Å². The van der Waals surface area contributed by atoms with Crippen molar-refractivity contribution in [2.24, 2.45) is 29.6 Å². The van der Waals surface area contributed by atoms with Gasteiger partial charge in [0.2, 0.25) is 0 Å². The predicted octanol–water partition coefficient (Wildman–Crippen LogP) is 6.32. The molecule has 0 heteroatoms. The van der Waals surface area contributed by atoms with Crippen LogP contribution in [0.3, 0.4) is 0 Å². The van der Waals surface area contributed by atoms with Crippen molar-refractivity contribution in [1.82, 2.24) is 0 Å². The predicted molar refractivity (Wildman–Crippen MR) is 84.8 cm³/mol. The third-order valence-corrected chi connectivity index (χ3v) is 4.47. The second-order valence-electron chi connectivity index (χ2n) is 7.28. The number of hydrogen-bond donors (Lipinski definition) is 0. The molecule has 0 aromatic heterocycles. The number of allylic oxidation sites excluding steroid dienone is 1. The molecule has 0 saturated heterocycles. The fraction of sp³-hybridized carbons (Fsp3) is 0.889. The highest BCUT2D eigenvalue weighted by atomic mass is 14.3. The SMILES string of the molecule is C=C(C)CCC(C)C(C)C(C)CC(C)CC(C)C. The average Bonchev–Trinajstić information content (AvgIpc) is 2.23. The van der Waals surface area contributed by atoms with Gasteiger partial charge in [-0.2, -0.15) is 0 Å². The van der Waals surface area contributed by atoms with Gasteiger partial charge >= 0.3 is 0 Å². The van der Waals surface area contributed by atoms with Gasteiger partial charge in [0.15, 0.2) is 0 Å². The minimum Gasteiger partial charge on any atom is -0.100 e. The zero-order chi connectivity index (χ0) is 14.3. The van der Waals surface area contributed by atoms with Gasteiger partial charge in [-0.05, 0) is 62.2 Å². The summed E-state index contributed by atoms with van der Waals surface area (Å²) in [7, 11) is 0. The number of rotatable bonds is 9. The molecule has 0 aliphatic rings. The molecular formula is C18H36. The minimum atomic E-state index is 0.822. The van der Waals surface area contributed by atoms with E-state index in [1.54, 1.807) is 0 Å². The summed E-state index contributed by atoms with van der Waals surface area (Å²) in [5.41, 5.74) is 1.33. The van der Waals surface area contributed by atoms with Crippen LogP contribution in [-0.4, -0.2) is 0 Å². The smallest absolute Gasteiger partial charge is 0.0323 e. The zero-order valence-electron chi connectivity index (χ0n) is 13.9. The first-order valence-electron chi connectivity index (χ1n) is 7.88. The summed E-state index contributed by atoms with van der Waals surface area (Å²) in [6.45, 7) is 20.5. The second-order valence-corrected chi connectivity index (χ2v) is 7.28. The van der Waals surface area contributed by atoms with Crippen LogP contribution in [0, 0.1) is 29.6 Å². The molecule has 0 aromatic rings. The summed E-state index contributed by atoms with van der Waals surface area (Å²) in [6, 6.07) is 0. The highest BCUT2D eigenvalue weighted by molar-refractivity contribution is 4.88. The molecule has 0 heterocycles. The minimum absolute atomic E-state index is 0.822. The van der Waals surface area contributed by atoms with Gasteiger partial charge < -0.3 is 0 Å². The fourth-order valence-electron chi connectivity index (χ4n) is 3.05. The first-order valence-corrected chi connectivity index (χ1v) is 7.88. The molecule has 108 valence electrons. The third kappa shape index (κ3) is 7.95. The van der Waals surface area contributed by atoms with Crippen LogP contribution in [-0.2, 0) is 0 Å². The number of hydrogen-bond acceptors (Lipinski definition) is 0. The van der Waals surface area contributed by atoms with E-state index in [-0.39, 0.29) is 0 Å². The van der Waals surface area contributed by atoms with Crippen molar-refractivity contribution < 1.29 is 0 Å². The molecule has 4 unspecified atom stereocenters. The van der Waals surface area contributed by atoms with Crippen LogP contribution >= 0.6 is 0 Å². The van der Waals surface area contributed by atoms with Crippen molar-refractivity contribution in [3.8, 4) is 0 Å². The van der Waals surface area contributed by atoms with Gasteiger partial charge in [-0.3, -0.25) is 0 Å². The molecule has 0 aliphatic carbocycles. The molecule has 0 bridgehead atoms. The van der Waals surface area contributed by atoms with Gasteiger partial charge in [-0.25, -0.2) is 0 Å². The Morgan fingerprint density at radius 3 is 1.89 bits per heavy atom. The van der Waals surface area contributed by atoms with Crippen LogP contribution in [0.1, 0.15) is 74.1 Å². The van der Waals surface area contributed by atoms with E-state index < -0.39 is 0 Å². The molecule has 0 nitrogen and oxygen atoms in total. The Hall–Kier alpha value is -0.260. The van der Waals surface area contributed by atoms with Crippen molar-refractivity contribution in [3.63, 3.8) is 0 Å². The maximum atomic E-state index is 4.01. The van der Waals surface area contributed by atoms with Crippen LogP contribution in [0.15, 0.2) is 12.2 Å². The Bertz CT molecular complexity index is 226. The van der Waals surface area contributed by atoms with Crippen LogP contribution < -0.4 is 0 Å². The van der Waals surface area contributed by atoms with E-state index in [4.69, 9.17) is 0 Å². The largest absolute Gasteiger partial charge is 0.100 e. The summed E-state index contributed by atoms with van der Waals surface area (Å²) >= 11 is 0. The Balaban J connectivity index is 4.07. The summed E-state index contributed by atoms with van der Waals surface area (Å²) in [5.74, 6) is 4.21. The highest BCUT2D eigenvalue weighted by Crippen LogP contribution is 2.31. The van der Waals surface area contributed by atoms with E-state index in [1.165, 1.54) is 31.3 Å². The van der Waals surface area contributed by atoms with E-state index in [9.17, 15) is 0 Å². The van der Waals surface area contributed by atoms with Crippen LogP contribution in [0.5, 0.6) is 0 Å². The maximum absolute atomic E-state index is 4.01. The molecule has 0 rings (SSSR count). The van der Waals surface area contributed by atoms with Gasteiger partial charge in [-0.15, -0.1) is 6.58 Å². The molecule has 0 N–H and O–H groups in total. The third-order valence-electron chi connectivity index (χ3n) is 4.47.